The van der Waals surface area contributed by atoms with Gasteiger partial charge in [0.15, 0.2) is 0 Å². The van der Waals surface area contributed by atoms with E-state index in [-0.39, 0.29) is 5.69 Å². The molecule has 0 fully saturated rings. The van der Waals surface area contributed by atoms with Gasteiger partial charge < -0.3 is 0 Å². The van der Waals surface area contributed by atoms with Crippen molar-refractivity contribution in [2.75, 3.05) is 5.43 Å². The molecule has 2 N–H and O–H groups in total. The Bertz CT molecular complexity index is 834. The number of nitrogens with one attached hydrogen (secondary N) is 2. The van der Waals surface area contributed by atoms with Crippen LogP contribution in [0.25, 0.3) is 0 Å². The molecule has 0 spiro atoms. The molecule has 0 saturated carbocycles. The Morgan fingerprint density at radius 1 is 1.31 bits per heavy atom. The third kappa shape index (κ3) is 4.51. The third-order valence-electron chi connectivity index (χ3n) is 3.60. The number of carbonyl (C=O) groups excluding carboxylic acids is 1. The summed E-state index contributed by atoms with van der Waals surface area (Å²) in [6.07, 6.45) is -2.95. The number of carbonyl (C=O) groups is 1. The van der Waals surface area contributed by atoms with E-state index in [2.05, 4.69) is 10.9 Å². The molecule has 0 bridgehead atoms. The number of rotatable bonds is 6. The highest BCUT2D eigenvalue weighted by Gasteiger charge is 2.33. The number of hydrogen-bond acceptors (Lipinski definition) is 5. The number of aryl methyl sites for hydroxylation is 2. The summed E-state index contributed by atoms with van der Waals surface area (Å²) in [5.74, 6) is -0.519. The number of anilines is 1. The highest BCUT2D eigenvalue weighted by Crippen LogP contribution is 2.34. The molecule has 0 unspecified atom stereocenters. The largest absolute Gasteiger partial charge is 0.416 e. The van der Waals surface area contributed by atoms with Crippen molar-refractivity contribution in [1.29, 1.82) is 0 Å². The topological polar surface area (TPSA) is 84.3 Å². The summed E-state index contributed by atoms with van der Waals surface area (Å²) in [5, 5.41) is 11.0. The SMILES string of the molecule is CCCc1cc(C(=O)NNc2ccc(C(F)(F)F)cc2[N+](=O)[O-])sc1C. The van der Waals surface area contributed by atoms with Crippen molar-refractivity contribution in [3.8, 4) is 0 Å². The number of hydrazine groups is 1. The summed E-state index contributed by atoms with van der Waals surface area (Å²) < 4.78 is 38.1. The van der Waals surface area contributed by atoms with E-state index in [9.17, 15) is 28.1 Å². The van der Waals surface area contributed by atoms with Crippen LogP contribution in [0.15, 0.2) is 24.3 Å². The first-order valence-electron chi connectivity index (χ1n) is 7.64. The minimum absolute atomic E-state index is 0.238. The molecule has 140 valence electrons. The lowest BCUT2D eigenvalue weighted by Crippen LogP contribution is -2.29. The predicted molar refractivity (Wildman–Crippen MR) is 92.2 cm³/mol. The molecular formula is C16H16F3N3O3S. The fourth-order valence-electron chi connectivity index (χ4n) is 2.30. The van der Waals surface area contributed by atoms with Gasteiger partial charge in [0.25, 0.3) is 11.6 Å². The summed E-state index contributed by atoms with van der Waals surface area (Å²) in [6.45, 7) is 3.91. The van der Waals surface area contributed by atoms with Crippen LogP contribution in [0.5, 0.6) is 0 Å². The van der Waals surface area contributed by atoms with Gasteiger partial charge in [-0.1, -0.05) is 13.3 Å². The monoisotopic (exact) mass is 387 g/mol. The smallest absolute Gasteiger partial charge is 0.292 e. The summed E-state index contributed by atoms with van der Waals surface area (Å²) >= 11 is 1.28. The first-order valence-corrected chi connectivity index (χ1v) is 8.46. The molecule has 0 aliphatic rings. The van der Waals surface area contributed by atoms with Gasteiger partial charge in [0.1, 0.15) is 5.69 Å². The minimum atomic E-state index is -4.70. The van der Waals surface area contributed by atoms with Crippen LogP contribution < -0.4 is 10.9 Å². The van der Waals surface area contributed by atoms with E-state index in [1.165, 1.54) is 11.3 Å². The normalized spacial score (nSPS) is 11.3. The standard InChI is InChI=1S/C16H16F3N3O3S/c1-3-4-10-7-14(26-9(10)2)15(23)21-20-12-6-5-11(16(17,18)19)8-13(12)22(24)25/h5-8,20H,3-4H2,1-2H3,(H,21,23). The predicted octanol–water partition coefficient (Wildman–Crippen LogP) is 4.69. The fraction of sp³-hybridized carbons (Fsp3) is 0.312. The first kappa shape index (κ1) is 19.7. The van der Waals surface area contributed by atoms with Crippen LogP contribution in [0.4, 0.5) is 24.5 Å². The van der Waals surface area contributed by atoms with Crippen LogP contribution in [-0.2, 0) is 12.6 Å². The average molecular weight is 387 g/mol. The van der Waals surface area contributed by atoms with Gasteiger partial charge in [-0.3, -0.25) is 25.8 Å². The average Bonchev–Trinajstić information content (AvgIpc) is 2.93. The molecule has 6 nitrogen and oxygen atoms in total. The maximum absolute atomic E-state index is 12.7. The zero-order valence-electron chi connectivity index (χ0n) is 13.9. The number of hydrogen-bond donors (Lipinski definition) is 2. The van der Waals surface area contributed by atoms with Gasteiger partial charge in [0.2, 0.25) is 0 Å². The van der Waals surface area contributed by atoms with Crippen molar-refractivity contribution < 1.29 is 22.9 Å². The molecule has 2 aromatic rings. The second kappa shape index (κ2) is 7.73. The third-order valence-corrected chi connectivity index (χ3v) is 4.69. The molecule has 1 heterocycles. The van der Waals surface area contributed by atoms with E-state index in [1.54, 1.807) is 6.07 Å². The lowest BCUT2D eigenvalue weighted by Gasteiger charge is -2.11. The number of thiophene rings is 1. The number of alkyl halides is 3. The van der Waals surface area contributed by atoms with Gasteiger partial charge in [0.05, 0.1) is 15.4 Å². The maximum atomic E-state index is 12.7. The van der Waals surface area contributed by atoms with E-state index in [4.69, 9.17) is 0 Å². The fourth-order valence-corrected chi connectivity index (χ4v) is 3.27. The summed E-state index contributed by atoms with van der Waals surface area (Å²) in [6, 6.07) is 3.77. The molecule has 0 atom stereocenters. The number of amides is 1. The summed E-state index contributed by atoms with van der Waals surface area (Å²) in [4.78, 5) is 23.7. The van der Waals surface area contributed by atoms with Crippen molar-refractivity contribution in [2.24, 2.45) is 0 Å². The lowest BCUT2D eigenvalue weighted by atomic mass is 10.1. The number of nitro benzene ring substituents is 1. The number of nitro groups is 1. The number of benzene rings is 1. The molecule has 1 aromatic heterocycles. The van der Waals surface area contributed by atoms with E-state index >= 15 is 0 Å². The molecule has 0 aliphatic carbocycles. The molecule has 10 heteroatoms. The Morgan fingerprint density at radius 2 is 2.00 bits per heavy atom. The second-order valence-electron chi connectivity index (χ2n) is 5.51. The first-order chi connectivity index (χ1) is 12.1. The van der Waals surface area contributed by atoms with Crippen molar-refractivity contribution in [3.05, 3.63) is 55.3 Å². The van der Waals surface area contributed by atoms with E-state index < -0.39 is 28.3 Å². The van der Waals surface area contributed by atoms with Crippen molar-refractivity contribution >= 4 is 28.6 Å². The Morgan fingerprint density at radius 3 is 2.58 bits per heavy atom. The van der Waals surface area contributed by atoms with E-state index in [0.29, 0.717) is 17.0 Å². The highest BCUT2D eigenvalue weighted by molar-refractivity contribution is 7.14. The maximum Gasteiger partial charge on any atom is 0.416 e. The minimum Gasteiger partial charge on any atom is -0.292 e. The van der Waals surface area contributed by atoms with Crippen LogP contribution >= 0.6 is 11.3 Å². The zero-order chi connectivity index (χ0) is 19.5. The summed E-state index contributed by atoms with van der Waals surface area (Å²) in [7, 11) is 0. The quantitative estimate of drug-likeness (QED) is 0.556. The molecular weight excluding hydrogens is 371 g/mol. The Kier molecular flexibility index (Phi) is 5.86. The molecule has 1 aromatic carbocycles. The zero-order valence-corrected chi connectivity index (χ0v) is 14.8. The van der Waals surface area contributed by atoms with Crippen molar-refractivity contribution in [1.82, 2.24) is 5.43 Å². The van der Waals surface area contributed by atoms with Crippen molar-refractivity contribution in [3.63, 3.8) is 0 Å². The summed E-state index contributed by atoms with van der Waals surface area (Å²) in [5.41, 5.74) is 3.50. The number of halogens is 3. The van der Waals surface area contributed by atoms with Crippen LogP contribution in [0.1, 0.15) is 39.0 Å². The highest BCUT2D eigenvalue weighted by atomic mass is 32.1. The van der Waals surface area contributed by atoms with Crippen LogP contribution in [-0.4, -0.2) is 10.8 Å². The molecule has 26 heavy (non-hydrogen) atoms. The van der Waals surface area contributed by atoms with Gasteiger partial charge in [-0.2, -0.15) is 13.2 Å². The molecule has 1 amide bonds. The van der Waals surface area contributed by atoms with Gasteiger partial charge in [-0.25, -0.2) is 0 Å². The lowest BCUT2D eigenvalue weighted by molar-refractivity contribution is -0.384. The van der Waals surface area contributed by atoms with Gasteiger partial charge in [-0.05, 0) is 37.1 Å². The molecule has 2 rings (SSSR count). The van der Waals surface area contributed by atoms with Crippen LogP contribution in [0.2, 0.25) is 0 Å². The Balaban J connectivity index is 2.17. The van der Waals surface area contributed by atoms with Gasteiger partial charge in [-0.15, -0.1) is 11.3 Å². The molecule has 0 radical (unpaired) electrons. The van der Waals surface area contributed by atoms with E-state index in [0.717, 1.165) is 29.3 Å². The Labute approximate surface area is 151 Å². The van der Waals surface area contributed by atoms with Crippen LogP contribution in [0.3, 0.4) is 0 Å². The van der Waals surface area contributed by atoms with E-state index in [1.807, 2.05) is 13.8 Å². The van der Waals surface area contributed by atoms with Gasteiger partial charge in [0, 0.05) is 10.9 Å². The molecule has 0 saturated heterocycles. The van der Waals surface area contributed by atoms with Crippen LogP contribution in [0, 0.1) is 17.0 Å². The number of nitrogens with zero attached hydrogens (tertiary/aromatic N) is 1. The van der Waals surface area contributed by atoms with Crippen molar-refractivity contribution in [2.45, 2.75) is 32.9 Å². The second-order valence-corrected chi connectivity index (χ2v) is 6.76. The molecule has 0 aliphatic heterocycles. The Hall–Kier alpha value is -2.62. The van der Waals surface area contributed by atoms with Gasteiger partial charge >= 0.3 is 6.18 Å².